The van der Waals surface area contributed by atoms with Gasteiger partial charge in [0.15, 0.2) is 0 Å². The van der Waals surface area contributed by atoms with E-state index in [1.807, 2.05) is 26.8 Å². The van der Waals surface area contributed by atoms with Crippen LogP contribution < -0.4 is 10.0 Å². The van der Waals surface area contributed by atoms with Crippen LogP contribution >= 0.6 is 0 Å². The quantitative estimate of drug-likeness (QED) is 0.507. The van der Waals surface area contributed by atoms with E-state index in [4.69, 9.17) is 5.26 Å². The number of amides is 1. The molecule has 0 aliphatic heterocycles. The molecule has 0 unspecified atom stereocenters. The molecule has 0 saturated heterocycles. The second-order valence-electron chi connectivity index (χ2n) is 7.27. The topological polar surface area (TPSA) is 119 Å². The molecule has 28 heavy (non-hydrogen) atoms. The van der Waals surface area contributed by atoms with Crippen molar-refractivity contribution >= 4 is 21.6 Å². The summed E-state index contributed by atoms with van der Waals surface area (Å²) < 4.78 is 26.8. The van der Waals surface area contributed by atoms with Gasteiger partial charge in [0, 0.05) is 18.5 Å². The molecule has 148 valence electrons. The number of carbonyl (C=O) groups is 1. The fourth-order valence-electron chi connectivity index (χ4n) is 2.43. The van der Waals surface area contributed by atoms with Crippen LogP contribution in [0.5, 0.6) is 5.75 Å². The molecule has 8 heteroatoms. The number of nitrogens with one attached hydrogen (secondary N) is 2. The number of anilines is 1. The van der Waals surface area contributed by atoms with E-state index in [9.17, 15) is 18.3 Å². The van der Waals surface area contributed by atoms with Gasteiger partial charge < -0.3 is 10.4 Å². The summed E-state index contributed by atoms with van der Waals surface area (Å²) in [5, 5.41) is 21.2. The molecule has 7 nitrogen and oxygen atoms in total. The zero-order valence-electron chi connectivity index (χ0n) is 16.0. The molecule has 2 aromatic rings. The molecule has 0 heterocycles. The Labute approximate surface area is 165 Å². The van der Waals surface area contributed by atoms with Crippen molar-refractivity contribution in [3.05, 3.63) is 53.6 Å². The SMILES string of the molecule is CC(C)(C)c1ccc(O)c(NC(=O)c2cccc(S(=O)(=O)NCCC#N)c2)c1. The molecule has 0 spiro atoms. The number of nitrogens with zero attached hydrogens (tertiary/aromatic N) is 1. The van der Waals surface area contributed by atoms with Crippen LogP contribution in [0.3, 0.4) is 0 Å². The molecule has 0 bridgehead atoms. The van der Waals surface area contributed by atoms with Crippen molar-refractivity contribution in [3.8, 4) is 11.8 Å². The Kier molecular flexibility index (Phi) is 6.44. The largest absolute Gasteiger partial charge is 0.506 e. The Bertz CT molecular complexity index is 1020. The third kappa shape index (κ3) is 5.31. The van der Waals surface area contributed by atoms with Gasteiger partial charge in [0.25, 0.3) is 5.91 Å². The molecule has 3 N–H and O–H groups in total. The Balaban J connectivity index is 2.26. The summed E-state index contributed by atoms with van der Waals surface area (Å²) >= 11 is 0. The summed E-state index contributed by atoms with van der Waals surface area (Å²) in [5.41, 5.74) is 1.14. The summed E-state index contributed by atoms with van der Waals surface area (Å²) in [7, 11) is -3.83. The zero-order valence-corrected chi connectivity index (χ0v) is 16.8. The number of aromatic hydroxyl groups is 1. The minimum absolute atomic E-state index is 0.0112. The summed E-state index contributed by atoms with van der Waals surface area (Å²) in [6.45, 7) is 6.03. The van der Waals surface area contributed by atoms with Crippen molar-refractivity contribution < 1.29 is 18.3 Å². The second kappa shape index (κ2) is 8.42. The van der Waals surface area contributed by atoms with Crippen molar-refractivity contribution in [2.45, 2.75) is 37.5 Å². The number of rotatable bonds is 6. The van der Waals surface area contributed by atoms with Crippen LogP contribution in [0.4, 0.5) is 5.69 Å². The maximum absolute atomic E-state index is 12.6. The summed E-state index contributed by atoms with van der Waals surface area (Å²) in [5.74, 6) is -0.626. The van der Waals surface area contributed by atoms with Crippen molar-refractivity contribution in [3.63, 3.8) is 0 Å². The van der Waals surface area contributed by atoms with Gasteiger partial charge in [-0.3, -0.25) is 4.79 Å². The van der Waals surface area contributed by atoms with Crippen LogP contribution in [0.1, 0.15) is 43.1 Å². The number of phenols is 1. The van der Waals surface area contributed by atoms with Gasteiger partial charge in [-0.15, -0.1) is 0 Å². The van der Waals surface area contributed by atoms with Gasteiger partial charge in [0.2, 0.25) is 10.0 Å². The lowest BCUT2D eigenvalue weighted by Crippen LogP contribution is -2.25. The van der Waals surface area contributed by atoms with Gasteiger partial charge in [-0.05, 0) is 41.3 Å². The van der Waals surface area contributed by atoms with Crippen LogP contribution in [0.15, 0.2) is 47.4 Å². The summed E-state index contributed by atoms with van der Waals surface area (Å²) in [4.78, 5) is 12.5. The number of hydrogen-bond donors (Lipinski definition) is 3. The maximum Gasteiger partial charge on any atom is 0.255 e. The van der Waals surface area contributed by atoms with Gasteiger partial charge in [0.1, 0.15) is 5.75 Å². The molecule has 1 amide bonds. The Morgan fingerprint density at radius 1 is 1.18 bits per heavy atom. The van der Waals surface area contributed by atoms with E-state index in [1.54, 1.807) is 12.1 Å². The maximum atomic E-state index is 12.6. The van der Waals surface area contributed by atoms with E-state index in [2.05, 4.69) is 10.0 Å². The minimum atomic E-state index is -3.83. The van der Waals surface area contributed by atoms with E-state index in [-0.39, 0.29) is 40.3 Å². The summed E-state index contributed by atoms with van der Waals surface area (Å²) in [6.07, 6.45) is 0.0444. The second-order valence-corrected chi connectivity index (χ2v) is 9.04. The highest BCUT2D eigenvalue weighted by Crippen LogP contribution is 2.31. The fourth-order valence-corrected chi connectivity index (χ4v) is 3.50. The highest BCUT2D eigenvalue weighted by atomic mass is 32.2. The smallest absolute Gasteiger partial charge is 0.255 e. The predicted octanol–water partition coefficient (Wildman–Crippen LogP) is 3.13. The molecular formula is C20H23N3O4S. The van der Waals surface area contributed by atoms with E-state index >= 15 is 0 Å². The van der Waals surface area contributed by atoms with E-state index in [1.165, 1.54) is 30.3 Å². The van der Waals surface area contributed by atoms with E-state index < -0.39 is 15.9 Å². The standard InChI is InChI=1S/C20H23N3O4S/c1-20(2,3)15-8-9-18(24)17(13-15)23-19(25)14-6-4-7-16(12-14)28(26,27)22-11-5-10-21/h4,6-9,12-13,22,24H,5,11H2,1-3H3,(H,23,25). The predicted molar refractivity (Wildman–Crippen MR) is 107 cm³/mol. The first kappa shape index (κ1) is 21.4. The van der Waals surface area contributed by atoms with Crippen LogP contribution in [0, 0.1) is 11.3 Å². The number of phenolic OH excluding ortho intramolecular Hbond substituents is 1. The van der Waals surface area contributed by atoms with Gasteiger partial charge in [-0.1, -0.05) is 32.9 Å². The third-order valence-corrected chi connectivity index (χ3v) is 5.50. The molecule has 0 atom stereocenters. The molecule has 0 aliphatic rings. The first-order valence-corrected chi connectivity index (χ1v) is 10.1. The number of carbonyl (C=O) groups excluding carboxylic acids is 1. The van der Waals surface area contributed by atoms with E-state index in [0.717, 1.165) is 5.56 Å². The number of sulfonamides is 1. The van der Waals surface area contributed by atoms with Crippen LogP contribution in [0.25, 0.3) is 0 Å². The molecule has 0 radical (unpaired) electrons. The third-order valence-electron chi connectivity index (χ3n) is 4.05. The molecule has 0 aliphatic carbocycles. The number of benzene rings is 2. The molecule has 0 fully saturated rings. The Hall–Kier alpha value is -2.89. The van der Waals surface area contributed by atoms with Crippen molar-refractivity contribution in [1.29, 1.82) is 5.26 Å². The minimum Gasteiger partial charge on any atom is -0.506 e. The first-order chi connectivity index (χ1) is 13.0. The normalized spacial score (nSPS) is 11.6. The van der Waals surface area contributed by atoms with Crippen LogP contribution in [-0.4, -0.2) is 26.0 Å². The molecular weight excluding hydrogens is 378 g/mol. The molecule has 0 saturated carbocycles. The van der Waals surface area contributed by atoms with Gasteiger partial charge >= 0.3 is 0 Å². The highest BCUT2D eigenvalue weighted by molar-refractivity contribution is 7.89. The average Bonchev–Trinajstić information content (AvgIpc) is 2.63. The number of hydrogen-bond acceptors (Lipinski definition) is 5. The molecule has 0 aromatic heterocycles. The lowest BCUT2D eigenvalue weighted by atomic mass is 9.87. The molecule has 2 aromatic carbocycles. The monoisotopic (exact) mass is 401 g/mol. The van der Waals surface area contributed by atoms with Crippen molar-refractivity contribution in [1.82, 2.24) is 4.72 Å². The van der Waals surface area contributed by atoms with Crippen molar-refractivity contribution in [2.24, 2.45) is 0 Å². The fraction of sp³-hybridized carbons (Fsp3) is 0.300. The Morgan fingerprint density at radius 2 is 1.89 bits per heavy atom. The van der Waals surface area contributed by atoms with Gasteiger partial charge in [-0.2, -0.15) is 5.26 Å². The zero-order chi connectivity index (χ0) is 20.9. The van der Waals surface area contributed by atoms with E-state index in [0.29, 0.717) is 0 Å². The first-order valence-electron chi connectivity index (χ1n) is 8.66. The number of nitriles is 1. The van der Waals surface area contributed by atoms with Crippen molar-refractivity contribution in [2.75, 3.05) is 11.9 Å². The lowest BCUT2D eigenvalue weighted by molar-refractivity contribution is 0.102. The lowest BCUT2D eigenvalue weighted by Gasteiger charge is -2.20. The Morgan fingerprint density at radius 3 is 2.54 bits per heavy atom. The summed E-state index contributed by atoms with van der Waals surface area (Å²) in [6, 6.07) is 12.4. The highest BCUT2D eigenvalue weighted by Gasteiger charge is 2.19. The average molecular weight is 401 g/mol. The van der Waals surface area contributed by atoms with Crippen LogP contribution in [-0.2, 0) is 15.4 Å². The van der Waals surface area contributed by atoms with Gasteiger partial charge in [-0.25, -0.2) is 13.1 Å². The molecule has 2 rings (SSSR count). The van der Waals surface area contributed by atoms with Gasteiger partial charge in [0.05, 0.1) is 16.7 Å². The van der Waals surface area contributed by atoms with Crippen LogP contribution in [0.2, 0.25) is 0 Å².